The normalized spacial score (nSPS) is 23.0. The van der Waals surface area contributed by atoms with Crippen LogP contribution in [0.25, 0.3) is 11.0 Å². The van der Waals surface area contributed by atoms with E-state index in [9.17, 15) is 4.79 Å². The molecule has 0 spiro atoms. The van der Waals surface area contributed by atoms with Crippen LogP contribution in [0.15, 0.2) is 18.2 Å². The third-order valence-electron chi connectivity index (χ3n) is 6.51. The molecule has 5 nitrogen and oxygen atoms in total. The van der Waals surface area contributed by atoms with E-state index >= 15 is 4.39 Å². The summed E-state index contributed by atoms with van der Waals surface area (Å²) in [6.07, 6.45) is 2.08. The van der Waals surface area contributed by atoms with Crippen molar-refractivity contribution < 1.29 is 13.9 Å². The molecule has 6 heteroatoms. The highest BCUT2D eigenvalue weighted by atomic mass is 19.1. The summed E-state index contributed by atoms with van der Waals surface area (Å²) in [6, 6.07) is 6.10. The van der Waals surface area contributed by atoms with Crippen molar-refractivity contribution in [1.29, 1.82) is 0 Å². The topological polar surface area (TPSA) is 55.3 Å². The van der Waals surface area contributed by atoms with Gasteiger partial charge in [-0.25, -0.2) is 14.4 Å². The van der Waals surface area contributed by atoms with Crippen molar-refractivity contribution in [3.8, 4) is 0 Å². The number of fused-ring (bicyclic) bond motifs is 1. The summed E-state index contributed by atoms with van der Waals surface area (Å²) < 4.78 is 20.2. The van der Waals surface area contributed by atoms with E-state index in [1.54, 1.807) is 13.8 Å². The Morgan fingerprint density at radius 1 is 1.27 bits per heavy atom. The van der Waals surface area contributed by atoms with Crippen LogP contribution >= 0.6 is 0 Å². The predicted octanol–water partition coefficient (Wildman–Crippen LogP) is 4.78. The van der Waals surface area contributed by atoms with Crippen LogP contribution in [0.1, 0.15) is 57.0 Å². The smallest absolute Gasteiger partial charge is 0.313 e. The minimum Gasteiger partial charge on any atom is -0.469 e. The van der Waals surface area contributed by atoms with E-state index in [0.29, 0.717) is 32.5 Å². The van der Waals surface area contributed by atoms with E-state index in [1.807, 2.05) is 19.9 Å². The molecule has 0 aliphatic carbocycles. The maximum Gasteiger partial charge on any atom is 0.313 e. The number of hydrogen-bond donors (Lipinski definition) is 0. The average Bonchev–Trinajstić information content (AvgIpc) is 2.68. The minimum atomic E-state index is -1.37. The fraction of sp³-hybridized carbons (Fsp3) is 0.625. The molecule has 2 heterocycles. The first-order valence-electron chi connectivity index (χ1n) is 10.8. The molecule has 0 N–H and O–H groups in total. The molecule has 1 aromatic carbocycles. The van der Waals surface area contributed by atoms with Gasteiger partial charge < -0.3 is 4.74 Å². The molecule has 0 radical (unpaired) electrons. The Hall–Kier alpha value is -2.08. The van der Waals surface area contributed by atoms with Crippen molar-refractivity contribution in [2.75, 3.05) is 20.2 Å². The third kappa shape index (κ3) is 4.64. The van der Waals surface area contributed by atoms with Crippen LogP contribution < -0.4 is 0 Å². The fourth-order valence-electron chi connectivity index (χ4n) is 4.74. The van der Waals surface area contributed by atoms with Gasteiger partial charge in [0, 0.05) is 25.6 Å². The van der Waals surface area contributed by atoms with E-state index in [-0.39, 0.29) is 11.9 Å². The number of carbonyl (C=O) groups is 1. The lowest BCUT2D eigenvalue weighted by Gasteiger charge is -2.47. The molecule has 3 rings (SSSR count). The molecule has 0 amide bonds. The molecule has 0 bridgehead atoms. The molecule has 0 saturated carbocycles. The van der Waals surface area contributed by atoms with E-state index in [4.69, 9.17) is 4.74 Å². The van der Waals surface area contributed by atoms with Gasteiger partial charge in [-0.1, -0.05) is 19.4 Å². The summed E-state index contributed by atoms with van der Waals surface area (Å²) >= 11 is 0. The number of piperidine rings is 1. The summed E-state index contributed by atoms with van der Waals surface area (Å²) in [7, 11) is 1.43. The Bertz CT molecular complexity index is 925. The molecule has 2 aromatic rings. The van der Waals surface area contributed by atoms with Crippen LogP contribution in [-0.2, 0) is 16.1 Å². The number of benzene rings is 1. The zero-order valence-corrected chi connectivity index (χ0v) is 19.1. The van der Waals surface area contributed by atoms with Crippen molar-refractivity contribution in [1.82, 2.24) is 14.9 Å². The van der Waals surface area contributed by atoms with Crippen molar-refractivity contribution in [3.05, 3.63) is 35.2 Å². The molecule has 2 atom stereocenters. The van der Waals surface area contributed by atoms with Crippen molar-refractivity contribution >= 4 is 17.0 Å². The molecule has 2 unspecified atom stereocenters. The number of ether oxygens (including phenoxy) is 1. The lowest BCUT2D eigenvalue weighted by Crippen LogP contribution is -2.54. The number of nitrogens with zero attached hydrogens (tertiary/aromatic N) is 3. The number of alkyl halides is 1. The number of hydrogen-bond acceptors (Lipinski definition) is 5. The van der Waals surface area contributed by atoms with E-state index < -0.39 is 11.1 Å². The molecule has 1 fully saturated rings. The van der Waals surface area contributed by atoms with Crippen LogP contribution in [0, 0.1) is 25.2 Å². The summed E-state index contributed by atoms with van der Waals surface area (Å²) in [6.45, 7) is 11.0. The number of carbonyl (C=O) groups excluding carboxylic acids is 1. The zero-order chi connectivity index (χ0) is 22.1. The quantitative estimate of drug-likeness (QED) is 0.636. The number of esters is 1. The average molecular weight is 416 g/mol. The number of aryl methyl sites for hydroxylation is 2. The second-order valence-corrected chi connectivity index (χ2v) is 9.37. The number of rotatable bonds is 6. The highest BCUT2D eigenvalue weighted by molar-refractivity contribution is 5.77. The van der Waals surface area contributed by atoms with Gasteiger partial charge in [-0.2, -0.15) is 0 Å². The zero-order valence-electron chi connectivity index (χ0n) is 19.1. The largest absolute Gasteiger partial charge is 0.469 e. The first-order valence-corrected chi connectivity index (χ1v) is 10.8. The summed E-state index contributed by atoms with van der Waals surface area (Å²) in [4.78, 5) is 24.3. The van der Waals surface area contributed by atoms with Gasteiger partial charge in [0.25, 0.3) is 0 Å². The molecule has 30 heavy (non-hydrogen) atoms. The second-order valence-electron chi connectivity index (χ2n) is 9.37. The standard InChI is InChI=1S/C24H34FN3O2/c1-7-10-24(22(29)30-6)12-19(23(4,5)25)14-28(15-24)13-18-8-9-20-21(11-18)27-17(3)16(2)26-20/h8-9,11,19H,7,10,12-15H2,1-6H3. The van der Waals surface area contributed by atoms with Gasteiger partial charge in [0.15, 0.2) is 0 Å². The van der Waals surface area contributed by atoms with Gasteiger partial charge in [0.05, 0.1) is 34.9 Å². The Morgan fingerprint density at radius 3 is 2.53 bits per heavy atom. The first-order chi connectivity index (χ1) is 14.1. The summed E-state index contributed by atoms with van der Waals surface area (Å²) in [5.74, 6) is -0.458. The summed E-state index contributed by atoms with van der Waals surface area (Å²) in [5.41, 5.74) is 2.65. The maximum absolute atomic E-state index is 15.0. The van der Waals surface area contributed by atoms with Crippen molar-refractivity contribution in [2.45, 2.75) is 66.1 Å². The highest BCUT2D eigenvalue weighted by Gasteiger charge is 2.49. The lowest BCUT2D eigenvalue weighted by molar-refractivity contribution is -0.161. The van der Waals surface area contributed by atoms with Gasteiger partial charge in [-0.3, -0.25) is 9.69 Å². The Balaban J connectivity index is 1.92. The molecule has 1 aromatic heterocycles. The van der Waals surface area contributed by atoms with Gasteiger partial charge in [-0.05, 0) is 58.2 Å². The van der Waals surface area contributed by atoms with Crippen LogP contribution in [0.2, 0.25) is 0 Å². The number of halogens is 1. The first kappa shape index (κ1) is 22.6. The van der Waals surface area contributed by atoms with Gasteiger partial charge in [0.2, 0.25) is 0 Å². The Morgan fingerprint density at radius 2 is 1.93 bits per heavy atom. The highest BCUT2D eigenvalue weighted by Crippen LogP contribution is 2.43. The summed E-state index contributed by atoms with van der Waals surface area (Å²) in [5, 5.41) is 0. The van der Waals surface area contributed by atoms with E-state index in [0.717, 1.165) is 34.4 Å². The van der Waals surface area contributed by atoms with E-state index in [2.05, 4.69) is 33.9 Å². The fourth-order valence-corrected chi connectivity index (χ4v) is 4.74. The van der Waals surface area contributed by atoms with Crippen LogP contribution in [0.5, 0.6) is 0 Å². The van der Waals surface area contributed by atoms with Crippen molar-refractivity contribution in [3.63, 3.8) is 0 Å². The second kappa shape index (κ2) is 8.58. The predicted molar refractivity (Wildman–Crippen MR) is 117 cm³/mol. The van der Waals surface area contributed by atoms with Crippen molar-refractivity contribution in [2.24, 2.45) is 11.3 Å². The molecule has 164 valence electrons. The molecular weight excluding hydrogens is 381 g/mol. The van der Waals surface area contributed by atoms with Crippen LogP contribution in [0.3, 0.4) is 0 Å². The van der Waals surface area contributed by atoms with Gasteiger partial charge in [0.1, 0.15) is 5.67 Å². The minimum absolute atomic E-state index is 0.223. The SMILES string of the molecule is CCCC1(C(=O)OC)CC(C(C)(C)F)CN(Cc2ccc3nc(C)c(C)nc3c2)C1. The molecule has 1 saturated heterocycles. The lowest BCUT2D eigenvalue weighted by atomic mass is 9.69. The molecule has 1 aliphatic heterocycles. The Labute approximate surface area is 179 Å². The monoisotopic (exact) mass is 415 g/mol. The molecular formula is C24H34FN3O2. The van der Waals surface area contributed by atoms with E-state index in [1.165, 1.54) is 7.11 Å². The van der Waals surface area contributed by atoms with Crippen LogP contribution in [-0.4, -0.2) is 46.7 Å². The van der Waals surface area contributed by atoms with Gasteiger partial charge in [-0.15, -0.1) is 0 Å². The third-order valence-corrected chi connectivity index (χ3v) is 6.51. The molecule has 1 aliphatic rings. The maximum atomic E-state index is 15.0. The number of methoxy groups -OCH3 is 1. The van der Waals surface area contributed by atoms with Gasteiger partial charge >= 0.3 is 5.97 Å². The Kier molecular flexibility index (Phi) is 6.46. The van der Waals surface area contributed by atoms with Crippen LogP contribution in [0.4, 0.5) is 4.39 Å². The number of aromatic nitrogens is 2. The number of likely N-dealkylation sites (tertiary alicyclic amines) is 1.